The van der Waals surface area contributed by atoms with E-state index in [1.54, 1.807) is 12.1 Å². The summed E-state index contributed by atoms with van der Waals surface area (Å²) in [7, 11) is -3.55. The molecule has 1 unspecified atom stereocenters. The van der Waals surface area contributed by atoms with E-state index in [-0.39, 0.29) is 0 Å². The summed E-state index contributed by atoms with van der Waals surface area (Å²) < 4.78 is 27.6. The van der Waals surface area contributed by atoms with Gasteiger partial charge in [0, 0.05) is 16.5 Å². The molecule has 0 fully saturated rings. The van der Waals surface area contributed by atoms with E-state index in [1.165, 1.54) is 5.56 Å². The first-order valence-electron chi connectivity index (χ1n) is 10.4. The fourth-order valence-corrected chi connectivity index (χ4v) is 6.00. The van der Waals surface area contributed by atoms with Gasteiger partial charge in [0.25, 0.3) is 0 Å². The fraction of sp³-hybridized carbons (Fsp3) is 0.231. The van der Waals surface area contributed by atoms with Crippen LogP contribution in [0.5, 0.6) is 0 Å². The second-order valence-electron chi connectivity index (χ2n) is 7.96. The zero-order chi connectivity index (χ0) is 21.3. The standard InChI is InChI=1S/C26H27NO2S/c1-4-7-24(30(28,29)21-16-12-19(3)13-17-21)25-22-8-5-6-9-23(22)27-26(25)20-14-10-18(2)11-15-20/h5-6,8-17,24,27H,4,7H2,1-3H3. The van der Waals surface area contributed by atoms with Crippen molar-refractivity contribution in [3.05, 3.63) is 89.5 Å². The van der Waals surface area contributed by atoms with Crippen LogP contribution in [0.4, 0.5) is 0 Å². The van der Waals surface area contributed by atoms with Crippen LogP contribution in [0.2, 0.25) is 0 Å². The topological polar surface area (TPSA) is 49.9 Å². The van der Waals surface area contributed by atoms with Crippen LogP contribution in [0.25, 0.3) is 22.2 Å². The summed E-state index contributed by atoms with van der Waals surface area (Å²) in [4.78, 5) is 3.89. The lowest BCUT2D eigenvalue weighted by atomic mass is 9.99. The van der Waals surface area contributed by atoms with E-state index < -0.39 is 15.1 Å². The molecule has 3 aromatic carbocycles. The number of para-hydroxylation sites is 1. The molecule has 0 saturated heterocycles. The number of aryl methyl sites for hydroxylation is 2. The van der Waals surface area contributed by atoms with Crippen LogP contribution in [0.15, 0.2) is 77.7 Å². The second-order valence-corrected chi connectivity index (χ2v) is 10.1. The van der Waals surface area contributed by atoms with Gasteiger partial charge >= 0.3 is 0 Å². The van der Waals surface area contributed by atoms with Gasteiger partial charge < -0.3 is 4.98 Å². The fourth-order valence-electron chi connectivity index (χ4n) is 4.06. The van der Waals surface area contributed by atoms with Gasteiger partial charge in [-0.1, -0.05) is 79.1 Å². The summed E-state index contributed by atoms with van der Waals surface area (Å²) in [5.41, 5.74) is 5.96. The van der Waals surface area contributed by atoms with Gasteiger partial charge in [-0.15, -0.1) is 0 Å². The predicted molar refractivity (Wildman–Crippen MR) is 124 cm³/mol. The summed E-state index contributed by atoms with van der Waals surface area (Å²) in [6, 6.07) is 23.4. The molecular formula is C26H27NO2S. The number of sulfone groups is 1. The zero-order valence-corrected chi connectivity index (χ0v) is 18.5. The molecule has 1 heterocycles. The van der Waals surface area contributed by atoms with E-state index in [2.05, 4.69) is 36.2 Å². The number of nitrogens with one attached hydrogen (secondary N) is 1. The monoisotopic (exact) mass is 417 g/mol. The second kappa shape index (κ2) is 8.11. The van der Waals surface area contributed by atoms with Gasteiger partial charge in [0.15, 0.2) is 9.84 Å². The maximum absolute atomic E-state index is 13.8. The van der Waals surface area contributed by atoms with E-state index in [4.69, 9.17) is 0 Å². The number of rotatable bonds is 6. The molecule has 0 aliphatic carbocycles. The summed E-state index contributed by atoms with van der Waals surface area (Å²) >= 11 is 0. The van der Waals surface area contributed by atoms with Gasteiger partial charge in [-0.05, 0) is 44.0 Å². The van der Waals surface area contributed by atoms with E-state index in [1.807, 2.05) is 50.2 Å². The van der Waals surface area contributed by atoms with Crippen LogP contribution in [0, 0.1) is 13.8 Å². The minimum atomic E-state index is -3.55. The molecule has 1 atom stereocenters. The molecule has 0 aliphatic rings. The Hall–Kier alpha value is -2.85. The highest BCUT2D eigenvalue weighted by Gasteiger charge is 2.33. The maximum atomic E-state index is 13.8. The molecule has 0 amide bonds. The molecule has 1 N–H and O–H groups in total. The van der Waals surface area contributed by atoms with Crippen molar-refractivity contribution in [3.63, 3.8) is 0 Å². The van der Waals surface area contributed by atoms with Crippen LogP contribution in [0.3, 0.4) is 0 Å². The summed E-state index contributed by atoms with van der Waals surface area (Å²) in [5.74, 6) is 0. The first-order valence-corrected chi connectivity index (χ1v) is 11.9. The van der Waals surface area contributed by atoms with Gasteiger partial charge in [-0.25, -0.2) is 8.42 Å². The van der Waals surface area contributed by atoms with E-state index >= 15 is 0 Å². The minimum absolute atomic E-state index is 0.381. The number of hydrogen-bond donors (Lipinski definition) is 1. The Labute approximate surface area is 178 Å². The lowest BCUT2D eigenvalue weighted by molar-refractivity contribution is 0.574. The molecule has 0 bridgehead atoms. The molecule has 4 heteroatoms. The van der Waals surface area contributed by atoms with Crippen LogP contribution >= 0.6 is 0 Å². The third-order valence-corrected chi connectivity index (χ3v) is 7.83. The summed E-state index contributed by atoms with van der Waals surface area (Å²) in [5, 5.41) is 0.361. The third kappa shape index (κ3) is 3.68. The quantitative estimate of drug-likeness (QED) is 0.376. The molecule has 0 radical (unpaired) electrons. The number of hydrogen-bond acceptors (Lipinski definition) is 2. The van der Waals surface area contributed by atoms with Crippen molar-refractivity contribution in [3.8, 4) is 11.3 Å². The van der Waals surface area contributed by atoms with Crippen LogP contribution < -0.4 is 0 Å². The van der Waals surface area contributed by atoms with Crippen molar-refractivity contribution in [1.29, 1.82) is 0 Å². The Morgan fingerprint density at radius 1 is 0.833 bits per heavy atom. The van der Waals surface area contributed by atoms with Gasteiger partial charge in [0.2, 0.25) is 0 Å². The average Bonchev–Trinajstić information content (AvgIpc) is 3.12. The van der Waals surface area contributed by atoms with E-state index in [9.17, 15) is 8.42 Å². The number of aromatic amines is 1. The molecule has 154 valence electrons. The molecule has 4 rings (SSSR count). The molecule has 1 aromatic heterocycles. The lowest BCUT2D eigenvalue weighted by Gasteiger charge is -2.19. The Morgan fingerprint density at radius 2 is 1.43 bits per heavy atom. The van der Waals surface area contributed by atoms with Crippen molar-refractivity contribution in [1.82, 2.24) is 4.98 Å². The zero-order valence-electron chi connectivity index (χ0n) is 17.6. The first kappa shape index (κ1) is 20.4. The Balaban J connectivity index is 1.97. The number of aromatic nitrogens is 1. The van der Waals surface area contributed by atoms with E-state index in [0.717, 1.165) is 39.7 Å². The van der Waals surface area contributed by atoms with Crippen LogP contribution in [-0.2, 0) is 9.84 Å². The Kier molecular flexibility index (Phi) is 5.52. The van der Waals surface area contributed by atoms with Gasteiger partial charge in [-0.3, -0.25) is 0 Å². The molecule has 4 aromatic rings. The highest BCUT2D eigenvalue weighted by atomic mass is 32.2. The molecule has 0 aliphatic heterocycles. The Morgan fingerprint density at radius 3 is 2.07 bits per heavy atom. The summed E-state index contributed by atoms with van der Waals surface area (Å²) in [6.07, 6.45) is 1.35. The number of benzene rings is 3. The molecular weight excluding hydrogens is 390 g/mol. The molecule has 0 saturated carbocycles. The third-order valence-electron chi connectivity index (χ3n) is 5.68. The van der Waals surface area contributed by atoms with Gasteiger partial charge in [-0.2, -0.15) is 0 Å². The average molecular weight is 418 g/mol. The van der Waals surface area contributed by atoms with Gasteiger partial charge in [0.05, 0.1) is 15.8 Å². The van der Waals surface area contributed by atoms with Crippen LogP contribution in [0.1, 0.15) is 41.7 Å². The Bertz CT molecular complexity index is 1270. The van der Waals surface area contributed by atoms with Crippen molar-refractivity contribution in [2.24, 2.45) is 0 Å². The van der Waals surface area contributed by atoms with Crippen molar-refractivity contribution in [2.75, 3.05) is 0 Å². The highest BCUT2D eigenvalue weighted by Crippen LogP contribution is 2.42. The molecule has 0 spiro atoms. The van der Waals surface area contributed by atoms with Crippen molar-refractivity contribution >= 4 is 20.7 Å². The minimum Gasteiger partial charge on any atom is -0.354 e. The lowest BCUT2D eigenvalue weighted by Crippen LogP contribution is -2.14. The van der Waals surface area contributed by atoms with Gasteiger partial charge in [0.1, 0.15) is 0 Å². The number of fused-ring (bicyclic) bond motifs is 1. The smallest absolute Gasteiger partial charge is 0.185 e. The highest BCUT2D eigenvalue weighted by molar-refractivity contribution is 7.91. The molecule has 3 nitrogen and oxygen atoms in total. The van der Waals surface area contributed by atoms with Crippen molar-refractivity contribution < 1.29 is 8.42 Å². The largest absolute Gasteiger partial charge is 0.354 e. The molecule has 30 heavy (non-hydrogen) atoms. The SMILES string of the molecule is CCCC(c1c(-c2ccc(C)cc2)[nH]c2ccccc12)S(=O)(=O)c1ccc(C)cc1. The maximum Gasteiger partial charge on any atom is 0.185 e. The van der Waals surface area contributed by atoms with Crippen molar-refractivity contribution in [2.45, 2.75) is 43.8 Å². The first-order chi connectivity index (χ1) is 14.4. The van der Waals surface area contributed by atoms with Crippen LogP contribution in [-0.4, -0.2) is 13.4 Å². The normalized spacial score (nSPS) is 12.9. The predicted octanol–water partition coefficient (Wildman–Crippen LogP) is 6.77. The van der Waals surface area contributed by atoms with E-state index in [0.29, 0.717) is 11.3 Å². The summed E-state index contributed by atoms with van der Waals surface area (Å²) in [6.45, 7) is 6.06. The number of H-pyrrole nitrogens is 1.